The van der Waals surface area contributed by atoms with E-state index in [0.717, 1.165) is 18.8 Å². The summed E-state index contributed by atoms with van der Waals surface area (Å²) < 4.78 is 5.11. The highest BCUT2D eigenvalue weighted by atomic mass is 16.5. The molecule has 5 nitrogen and oxygen atoms in total. The van der Waals surface area contributed by atoms with Crippen molar-refractivity contribution in [3.63, 3.8) is 0 Å². The number of pyridine rings is 1. The van der Waals surface area contributed by atoms with E-state index in [1.165, 1.54) is 0 Å². The van der Waals surface area contributed by atoms with Crippen molar-refractivity contribution in [3.8, 4) is 0 Å². The fourth-order valence-electron chi connectivity index (χ4n) is 1.11. The van der Waals surface area contributed by atoms with E-state index in [0.29, 0.717) is 19.0 Å². The zero-order valence-corrected chi connectivity index (χ0v) is 8.65. The van der Waals surface area contributed by atoms with Crippen LogP contribution in [0.5, 0.6) is 0 Å². The van der Waals surface area contributed by atoms with Crippen LogP contribution in [0.15, 0.2) is 18.2 Å². The predicted molar refractivity (Wildman–Crippen MR) is 59.7 cm³/mol. The van der Waals surface area contributed by atoms with E-state index in [9.17, 15) is 0 Å². The van der Waals surface area contributed by atoms with Crippen molar-refractivity contribution in [2.24, 2.45) is 0 Å². The molecule has 84 valence electrons. The van der Waals surface area contributed by atoms with E-state index >= 15 is 0 Å². The molecule has 0 aliphatic carbocycles. The molecular formula is C10H17N3O2. The highest BCUT2D eigenvalue weighted by molar-refractivity contribution is 5.41. The summed E-state index contributed by atoms with van der Waals surface area (Å²) in [6.45, 7) is 1.89. The zero-order valence-electron chi connectivity index (χ0n) is 8.65. The van der Waals surface area contributed by atoms with E-state index < -0.39 is 0 Å². The van der Waals surface area contributed by atoms with Crippen LogP contribution in [0.3, 0.4) is 0 Å². The van der Waals surface area contributed by atoms with Crippen molar-refractivity contribution in [2.75, 3.05) is 37.4 Å². The van der Waals surface area contributed by atoms with E-state index in [2.05, 4.69) is 10.3 Å². The van der Waals surface area contributed by atoms with E-state index in [-0.39, 0.29) is 6.61 Å². The summed E-state index contributed by atoms with van der Waals surface area (Å²) in [7, 11) is 0. The fourth-order valence-corrected chi connectivity index (χ4v) is 1.11. The van der Waals surface area contributed by atoms with Crippen LogP contribution in [0.25, 0.3) is 0 Å². The molecule has 0 saturated heterocycles. The Morgan fingerprint density at radius 3 is 3.00 bits per heavy atom. The second-order valence-electron chi connectivity index (χ2n) is 3.06. The SMILES string of the molecule is Nc1cccc(NCCCOCCO)n1. The topological polar surface area (TPSA) is 80.4 Å². The Morgan fingerprint density at radius 1 is 1.40 bits per heavy atom. The first-order chi connectivity index (χ1) is 7.33. The molecule has 0 atom stereocenters. The number of nitrogens with one attached hydrogen (secondary N) is 1. The average Bonchev–Trinajstić information content (AvgIpc) is 2.23. The van der Waals surface area contributed by atoms with Gasteiger partial charge in [0.1, 0.15) is 11.6 Å². The van der Waals surface area contributed by atoms with Crippen LogP contribution in [0, 0.1) is 0 Å². The van der Waals surface area contributed by atoms with Crippen LogP contribution in [-0.4, -0.2) is 36.5 Å². The number of ether oxygens (including phenoxy) is 1. The molecule has 1 aromatic rings. The molecule has 1 rings (SSSR count). The average molecular weight is 211 g/mol. The minimum atomic E-state index is 0.0736. The molecule has 0 fully saturated rings. The van der Waals surface area contributed by atoms with Gasteiger partial charge in [0.2, 0.25) is 0 Å². The smallest absolute Gasteiger partial charge is 0.128 e. The predicted octanol–water partition coefficient (Wildman–Crippen LogP) is 0.475. The lowest BCUT2D eigenvalue weighted by molar-refractivity contribution is 0.0922. The van der Waals surface area contributed by atoms with E-state index in [1.807, 2.05) is 12.1 Å². The molecule has 4 N–H and O–H groups in total. The van der Waals surface area contributed by atoms with Crippen molar-refractivity contribution in [3.05, 3.63) is 18.2 Å². The van der Waals surface area contributed by atoms with Crippen molar-refractivity contribution in [1.82, 2.24) is 4.98 Å². The summed E-state index contributed by atoms with van der Waals surface area (Å²) in [6, 6.07) is 5.47. The van der Waals surface area contributed by atoms with Crippen LogP contribution >= 0.6 is 0 Å². The lowest BCUT2D eigenvalue weighted by Crippen LogP contribution is -2.08. The molecule has 0 aromatic carbocycles. The third-order valence-electron chi connectivity index (χ3n) is 1.78. The third-order valence-corrected chi connectivity index (χ3v) is 1.78. The number of nitrogens with zero attached hydrogens (tertiary/aromatic N) is 1. The number of hydrogen-bond donors (Lipinski definition) is 3. The Morgan fingerprint density at radius 2 is 2.27 bits per heavy atom. The summed E-state index contributed by atoms with van der Waals surface area (Å²) in [5, 5.41) is 11.6. The van der Waals surface area contributed by atoms with Gasteiger partial charge in [-0.15, -0.1) is 0 Å². The van der Waals surface area contributed by atoms with Crippen LogP contribution in [-0.2, 0) is 4.74 Å². The Bertz CT molecular complexity index is 281. The monoisotopic (exact) mass is 211 g/mol. The van der Waals surface area contributed by atoms with Crippen molar-refractivity contribution < 1.29 is 9.84 Å². The Labute approximate surface area is 89.3 Å². The van der Waals surface area contributed by atoms with Crippen molar-refractivity contribution in [2.45, 2.75) is 6.42 Å². The van der Waals surface area contributed by atoms with Gasteiger partial charge in [-0.25, -0.2) is 4.98 Å². The Kier molecular flexibility index (Phi) is 5.50. The van der Waals surface area contributed by atoms with Crippen LogP contribution in [0.4, 0.5) is 11.6 Å². The minimum Gasteiger partial charge on any atom is -0.394 e. The summed E-state index contributed by atoms with van der Waals surface area (Å²) in [4.78, 5) is 4.09. The molecular weight excluding hydrogens is 194 g/mol. The maximum Gasteiger partial charge on any atom is 0.128 e. The summed E-state index contributed by atoms with van der Waals surface area (Å²) >= 11 is 0. The van der Waals surface area contributed by atoms with Crippen molar-refractivity contribution in [1.29, 1.82) is 0 Å². The third kappa shape index (κ3) is 5.19. The van der Waals surface area contributed by atoms with Gasteiger partial charge in [0.25, 0.3) is 0 Å². The largest absolute Gasteiger partial charge is 0.394 e. The number of anilines is 2. The molecule has 15 heavy (non-hydrogen) atoms. The second kappa shape index (κ2) is 7.03. The molecule has 1 heterocycles. The number of aliphatic hydroxyl groups is 1. The first-order valence-corrected chi connectivity index (χ1v) is 4.98. The number of hydrogen-bond acceptors (Lipinski definition) is 5. The zero-order chi connectivity index (χ0) is 10.9. The summed E-state index contributed by atoms with van der Waals surface area (Å²) in [6.07, 6.45) is 0.872. The van der Waals surface area contributed by atoms with Gasteiger partial charge < -0.3 is 20.9 Å². The molecule has 0 aliphatic rings. The van der Waals surface area contributed by atoms with Gasteiger partial charge in [0, 0.05) is 13.2 Å². The maximum atomic E-state index is 8.47. The van der Waals surface area contributed by atoms with Gasteiger partial charge in [-0.2, -0.15) is 0 Å². The number of aromatic nitrogens is 1. The molecule has 0 radical (unpaired) electrons. The highest BCUT2D eigenvalue weighted by Crippen LogP contribution is 2.05. The first-order valence-electron chi connectivity index (χ1n) is 4.98. The maximum absolute atomic E-state index is 8.47. The Balaban J connectivity index is 2.10. The van der Waals surface area contributed by atoms with E-state index in [1.54, 1.807) is 6.07 Å². The second-order valence-corrected chi connectivity index (χ2v) is 3.06. The molecule has 0 amide bonds. The van der Waals surface area contributed by atoms with Gasteiger partial charge >= 0.3 is 0 Å². The molecule has 0 unspecified atom stereocenters. The lowest BCUT2D eigenvalue weighted by Gasteiger charge is -2.06. The van der Waals surface area contributed by atoms with Gasteiger partial charge in [0.05, 0.1) is 13.2 Å². The molecule has 0 aliphatic heterocycles. The van der Waals surface area contributed by atoms with Gasteiger partial charge in [-0.3, -0.25) is 0 Å². The summed E-state index contributed by atoms with van der Waals surface area (Å²) in [5.41, 5.74) is 5.52. The normalized spacial score (nSPS) is 10.2. The molecule has 5 heteroatoms. The first kappa shape index (κ1) is 11.7. The number of aliphatic hydroxyl groups excluding tert-OH is 1. The minimum absolute atomic E-state index is 0.0736. The van der Waals surface area contributed by atoms with Crippen molar-refractivity contribution >= 4 is 11.6 Å². The Hall–Kier alpha value is -1.33. The molecule has 0 bridgehead atoms. The standard InChI is InChI=1S/C10H17N3O2/c11-9-3-1-4-10(13-9)12-5-2-7-15-8-6-14/h1,3-4,14H,2,5-8H2,(H3,11,12,13). The van der Waals surface area contributed by atoms with Gasteiger partial charge in [0.15, 0.2) is 0 Å². The number of nitrogen functional groups attached to an aromatic ring is 1. The lowest BCUT2D eigenvalue weighted by atomic mass is 10.4. The molecule has 1 aromatic heterocycles. The number of rotatable bonds is 7. The molecule has 0 saturated carbocycles. The summed E-state index contributed by atoms with van der Waals surface area (Å²) in [5.74, 6) is 1.29. The van der Waals surface area contributed by atoms with Crippen LogP contribution in [0.1, 0.15) is 6.42 Å². The molecule has 0 spiro atoms. The fraction of sp³-hybridized carbons (Fsp3) is 0.500. The van der Waals surface area contributed by atoms with E-state index in [4.69, 9.17) is 15.6 Å². The number of nitrogens with two attached hydrogens (primary N) is 1. The quantitative estimate of drug-likeness (QED) is 0.571. The van der Waals surface area contributed by atoms with Gasteiger partial charge in [-0.1, -0.05) is 6.07 Å². The van der Waals surface area contributed by atoms with Crippen LogP contribution in [0.2, 0.25) is 0 Å². The highest BCUT2D eigenvalue weighted by Gasteiger charge is 1.93. The van der Waals surface area contributed by atoms with Crippen LogP contribution < -0.4 is 11.1 Å². The van der Waals surface area contributed by atoms with Gasteiger partial charge in [-0.05, 0) is 18.6 Å².